The van der Waals surface area contributed by atoms with Crippen LogP contribution < -0.4 is 16.0 Å². The molecule has 0 radical (unpaired) electrons. The van der Waals surface area contributed by atoms with E-state index in [4.69, 9.17) is 17.0 Å². The molecule has 2 aromatic carbocycles. The van der Waals surface area contributed by atoms with Gasteiger partial charge in [-0.15, -0.1) is 0 Å². The molecular formula is C23H25FN4O3S. The number of benzene rings is 2. The van der Waals surface area contributed by atoms with Crippen molar-refractivity contribution in [1.82, 2.24) is 10.2 Å². The molecule has 0 spiro atoms. The standard InChI is InChI=1S/C23H25FN4O3S/c1-13(2)31-21(29)19-14(3)28(4)23(32)27-20(19)15-8-7-9-16(12-15)25-22(30)26-18-11-6-5-10-17(18)24/h5-13,20H,1-4H3,(H,27,32)(H2,25,26,30). The first-order chi connectivity index (χ1) is 15.2. The second-order valence-corrected chi connectivity index (χ2v) is 7.97. The lowest BCUT2D eigenvalue weighted by atomic mass is 9.94. The number of hydrogen-bond acceptors (Lipinski definition) is 4. The van der Waals surface area contributed by atoms with Gasteiger partial charge < -0.3 is 25.6 Å². The summed E-state index contributed by atoms with van der Waals surface area (Å²) in [5.74, 6) is -0.977. The van der Waals surface area contributed by atoms with Crippen LogP contribution in [0.3, 0.4) is 0 Å². The normalized spacial score (nSPS) is 16.0. The maximum absolute atomic E-state index is 13.8. The van der Waals surface area contributed by atoms with Gasteiger partial charge in [0.2, 0.25) is 0 Å². The van der Waals surface area contributed by atoms with E-state index < -0.39 is 23.9 Å². The van der Waals surface area contributed by atoms with Gasteiger partial charge >= 0.3 is 12.0 Å². The molecular weight excluding hydrogens is 431 g/mol. The third-order valence-electron chi connectivity index (χ3n) is 4.92. The number of esters is 1. The van der Waals surface area contributed by atoms with Crippen molar-refractivity contribution < 1.29 is 18.7 Å². The van der Waals surface area contributed by atoms with Crippen LogP contribution in [0.2, 0.25) is 0 Å². The van der Waals surface area contributed by atoms with Crippen LogP contribution in [0.5, 0.6) is 0 Å². The number of halogens is 1. The van der Waals surface area contributed by atoms with E-state index in [0.717, 1.165) is 0 Å². The van der Waals surface area contributed by atoms with Crippen molar-refractivity contribution in [3.63, 3.8) is 0 Å². The van der Waals surface area contributed by atoms with Crippen LogP contribution in [-0.4, -0.2) is 35.2 Å². The molecule has 0 bridgehead atoms. The number of anilines is 2. The summed E-state index contributed by atoms with van der Waals surface area (Å²) in [5, 5.41) is 8.79. The Bertz CT molecular complexity index is 1090. The van der Waals surface area contributed by atoms with Gasteiger partial charge in [0.1, 0.15) is 5.82 Å². The summed E-state index contributed by atoms with van der Waals surface area (Å²) in [6.07, 6.45) is -0.280. The molecule has 0 fully saturated rings. The third kappa shape index (κ3) is 5.23. The predicted octanol–water partition coefficient (Wildman–Crippen LogP) is 4.56. The van der Waals surface area contributed by atoms with Crippen molar-refractivity contribution in [2.45, 2.75) is 32.9 Å². The van der Waals surface area contributed by atoms with Crippen molar-refractivity contribution in [3.05, 3.63) is 71.2 Å². The smallest absolute Gasteiger partial charge is 0.338 e. The fourth-order valence-corrected chi connectivity index (χ4v) is 3.53. The fourth-order valence-electron chi connectivity index (χ4n) is 3.27. The number of carbonyl (C=O) groups excluding carboxylic acids is 2. The van der Waals surface area contributed by atoms with E-state index in [1.165, 1.54) is 18.2 Å². The molecule has 168 valence electrons. The maximum atomic E-state index is 13.8. The minimum Gasteiger partial charge on any atom is -0.459 e. The van der Waals surface area contributed by atoms with Crippen LogP contribution >= 0.6 is 12.2 Å². The zero-order valence-electron chi connectivity index (χ0n) is 18.2. The second kappa shape index (κ2) is 9.78. The van der Waals surface area contributed by atoms with Crippen LogP contribution in [-0.2, 0) is 9.53 Å². The quantitative estimate of drug-likeness (QED) is 0.452. The summed E-state index contributed by atoms with van der Waals surface area (Å²) < 4.78 is 19.2. The van der Waals surface area contributed by atoms with Crippen LogP contribution in [0.1, 0.15) is 32.4 Å². The molecule has 3 N–H and O–H groups in total. The van der Waals surface area contributed by atoms with Gasteiger partial charge in [-0.3, -0.25) is 0 Å². The van der Waals surface area contributed by atoms with Gasteiger partial charge in [0.15, 0.2) is 5.11 Å². The monoisotopic (exact) mass is 456 g/mol. The SMILES string of the molecule is CC1=C(C(=O)OC(C)C)C(c2cccc(NC(=O)Nc3ccccc3F)c2)NC(=S)N1C. The first-order valence-electron chi connectivity index (χ1n) is 10.1. The molecule has 9 heteroatoms. The Hall–Kier alpha value is -3.46. The molecule has 32 heavy (non-hydrogen) atoms. The van der Waals surface area contributed by atoms with Crippen molar-refractivity contribution in [3.8, 4) is 0 Å². The molecule has 0 aliphatic carbocycles. The van der Waals surface area contributed by atoms with Gasteiger partial charge in [0, 0.05) is 18.4 Å². The van der Waals surface area contributed by atoms with E-state index in [1.54, 1.807) is 57.0 Å². The lowest BCUT2D eigenvalue weighted by Crippen LogP contribution is -2.46. The summed E-state index contributed by atoms with van der Waals surface area (Å²) in [5.41, 5.74) is 2.36. The number of nitrogens with one attached hydrogen (secondary N) is 3. The number of thiocarbonyl (C=S) groups is 1. The van der Waals surface area contributed by atoms with Crippen molar-refractivity contribution >= 4 is 40.7 Å². The van der Waals surface area contributed by atoms with Crippen molar-refractivity contribution in [2.24, 2.45) is 0 Å². The Labute approximate surface area is 191 Å². The van der Waals surface area contributed by atoms with E-state index in [0.29, 0.717) is 27.6 Å². The lowest BCUT2D eigenvalue weighted by molar-refractivity contribution is -0.143. The molecule has 1 aliphatic heterocycles. The number of allylic oxidation sites excluding steroid dienone is 1. The second-order valence-electron chi connectivity index (χ2n) is 7.58. The number of para-hydroxylation sites is 1. The van der Waals surface area contributed by atoms with Gasteiger partial charge in [-0.25, -0.2) is 14.0 Å². The molecule has 1 heterocycles. The first-order valence-corrected chi connectivity index (χ1v) is 10.5. The van der Waals surface area contributed by atoms with Gasteiger partial charge in [-0.1, -0.05) is 24.3 Å². The van der Waals surface area contributed by atoms with E-state index in [-0.39, 0.29) is 11.8 Å². The maximum Gasteiger partial charge on any atom is 0.338 e. The average molecular weight is 457 g/mol. The molecule has 1 unspecified atom stereocenters. The molecule has 0 saturated carbocycles. The highest BCUT2D eigenvalue weighted by Crippen LogP contribution is 2.32. The summed E-state index contributed by atoms with van der Waals surface area (Å²) in [6, 6.07) is 11.7. The molecule has 3 rings (SSSR count). The van der Waals surface area contributed by atoms with Crippen molar-refractivity contribution in [2.75, 3.05) is 17.7 Å². The summed E-state index contributed by atoms with van der Waals surface area (Å²) in [4.78, 5) is 26.9. The summed E-state index contributed by atoms with van der Waals surface area (Å²) in [6.45, 7) is 5.37. The number of carbonyl (C=O) groups is 2. The number of hydrogen-bond donors (Lipinski definition) is 3. The lowest BCUT2D eigenvalue weighted by Gasteiger charge is -2.35. The molecule has 0 saturated heterocycles. The van der Waals surface area contributed by atoms with Gasteiger partial charge in [0.25, 0.3) is 0 Å². The van der Waals surface area contributed by atoms with Gasteiger partial charge in [-0.05, 0) is 62.8 Å². The zero-order chi connectivity index (χ0) is 23.4. The highest BCUT2D eigenvalue weighted by atomic mass is 32.1. The molecule has 1 atom stereocenters. The molecule has 0 aromatic heterocycles. The van der Waals surface area contributed by atoms with Gasteiger partial charge in [-0.2, -0.15) is 0 Å². The summed E-state index contributed by atoms with van der Waals surface area (Å²) in [7, 11) is 1.77. The Morgan fingerprint density at radius 3 is 2.56 bits per heavy atom. The fraction of sp³-hybridized carbons (Fsp3) is 0.261. The Morgan fingerprint density at radius 1 is 1.16 bits per heavy atom. The third-order valence-corrected chi connectivity index (χ3v) is 5.31. The van der Waals surface area contributed by atoms with Crippen molar-refractivity contribution in [1.29, 1.82) is 0 Å². The number of ether oxygens (including phenoxy) is 1. The zero-order valence-corrected chi connectivity index (χ0v) is 19.0. The molecule has 2 amide bonds. The molecule has 1 aliphatic rings. The van der Waals surface area contributed by atoms with Crippen LogP contribution in [0.25, 0.3) is 0 Å². The predicted molar refractivity (Wildman–Crippen MR) is 126 cm³/mol. The minimum absolute atomic E-state index is 0.0702. The van der Waals surface area contributed by atoms with Crippen LogP contribution in [0.15, 0.2) is 59.8 Å². The number of rotatable bonds is 5. The van der Waals surface area contributed by atoms with Crippen LogP contribution in [0.4, 0.5) is 20.6 Å². The van der Waals surface area contributed by atoms with E-state index in [1.807, 2.05) is 6.07 Å². The topological polar surface area (TPSA) is 82.7 Å². The van der Waals surface area contributed by atoms with E-state index >= 15 is 0 Å². The summed E-state index contributed by atoms with van der Waals surface area (Å²) >= 11 is 5.41. The number of amides is 2. The molecule has 7 nitrogen and oxygen atoms in total. The van der Waals surface area contributed by atoms with E-state index in [2.05, 4.69) is 16.0 Å². The Morgan fingerprint density at radius 2 is 1.88 bits per heavy atom. The van der Waals surface area contributed by atoms with Gasteiger partial charge in [0.05, 0.1) is 23.4 Å². The Balaban J connectivity index is 1.86. The number of urea groups is 1. The minimum atomic E-state index is -0.592. The van der Waals surface area contributed by atoms with E-state index in [9.17, 15) is 14.0 Å². The number of nitrogens with zero attached hydrogens (tertiary/aromatic N) is 1. The average Bonchev–Trinajstić information content (AvgIpc) is 2.73. The highest BCUT2D eigenvalue weighted by molar-refractivity contribution is 7.80. The first kappa shape index (κ1) is 23.2. The van der Waals surface area contributed by atoms with Crippen LogP contribution in [0, 0.1) is 5.82 Å². The highest BCUT2D eigenvalue weighted by Gasteiger charge is 2.34. The molecule has 2 aromatic rings. The Kier molecular flexibility index (Phi) is 7.09. The largest absolute Gasteiger partial charge is 0.459 e.